The predicted octanol–water partition coefficient (Wildman–Crippen LogP) is 6.10. The second kappa shape index (κ2) is 12.1. The van der Waals surface area contributed by atoms with Crippen molar-refractivity contribution in [2.24, 2.45) is 0 Å². The number of aliphatic hydroxyl groups excluding tert-OH is 1. The molecule has 0 amide bonds. The fourth-order valence-corrected chi connectivity index (χ4v) is 4.16. The van der Waals surface area contributed by atoms with Crippen molar-refractivity contribution in [1.82, 2.24) is 20.3 Å². The monoisotopic (exact) mass is 506 g/mol. The van der Waals surface area contributed by atoms with Crippen molar-refractivity contribution in [2.45, 2.75) is 38.0 Å². The summed E-state index contributed by atoms with van der Waals surface area (Å²) in [7, 11) is 0. The molecule has 4 rings (SSSR count). The van der Waals surface area contributed by atoms with E-state index in [2.05, 4.69) is 20.3 Å². The van der Waals surface area contributed by atoms with Crippen LogP contribution >= 0.6 is 0 Å². The van der Waals surface area contributed by atoms with Gasteiger partial charge in [-0.05, 0) is 68.3 Å². The number of hydrogen-bond acceptors (Lipinski definition) is 5. The molecule has 0 saturated heterocycles. The lowest BCUT2D eigenvalue weighted by Crippen LogP contribution is -2.23. The molecule has 37 heavy (non-hydrogen) atoms. The highest BCUT2D eigenvalue weighted by atomic mass is 19.4. The maximum Gasteiger partial charge on any atom is 0.433 e. The lowest BCUT2D eigenvalue weighted by atomic mass is 9.94. The van der Waals surface area contributed by atoms with Crippen LogP contribution in [0, 0.1) is 6.92 Å². The summed E-state index contributed by atoms with van der Waals surface area (Å²) in [5.74, 6) is 0.0285. The number of benzene rings is 1. The lowest BCUT2D eigenvalue weighted by Gasteiger charge is -2.18. The quantitative estimate of drug-likeness (QED) is 0.254. The minimum Gasteiger partial charge on any atom is -0.387 e. The summed E-state index contributed by atoms with van der Waals surface area (Å²) >= 11 is 0. The molecule has 5 nitrogen and oxygen atoms in total. The summed E-state index contributed by atoms with van der Waals surface area (Å²) in [6.07, 6.45) is -0.667. The number of nitrogens with zero attached hydrogens (tertiary/aromatic N) is 3. The average molecular weight is 507 g/mol. The summed E-state index contributed by atoms with van der Waals surface area (Å²) in [5.41, 5.74) is 2.75. The molecule has 1 atom stereocenters. The van der Waals surface area contributed by atoms with Crippen molar-refractivity contribution in [3.63, 3.8) is 0 Å². The number of rotatable bonds is 10. The van der Waals surface area contributed by atoms with E-state index in [1.54, 1.807) is 24.5 Å². The van der Waals surface area contributed by atoms with Crippen LogP contribution in [0.2, 0.25) is 0 Å². The van der Waals surface area contributed by atoms with Gasteiger partial charge in [-0.15, -0.1) is 0 Å². The number of hydrogen-bond donors (Lipinski definition) is 2. The van der Waals surface area contributed by atoms with Gasteiger partial charge in [0.25, 0.3) is 0 Å². The minimum absolute atomic E-state index is 0.0285. The molecule has 0 radical (unpaired) electrons. The molecular formula is C29H29F3N4O. The van der Waals surface area contributed by atoms with Crippen LogP contribution in [0.25, 0.3) is 11.3 Å². The van der Waals surface area contributed by atoms with Crippen molar-refractivity contribution >= 4 is 0 Å². The molecule has 0 aliphatic carbocycles. The van der Waals surface area contributed by atoms with Gasteiger partial charge in [-0.3, -0.25) is 9.97 Å². The summed E-state index contributed by atoms with van der Waals surface area (Å²) in [6.45, 7) is 2.60. The normalized spacial score (nSPS) is 12.6. The Bertz CT molecular complexity index is 1230. The van der Waals surface area contributed by atoms with Gasteiger partial charge in [0.2, 0.25) is 0 Å². The van der Waals surface area contributed by atoms with Crippen molar-refractivity contribution in [2.75, 3.05) is 13.1 Å². The van der Waals surface area contributed by atoms with Crippen LogP contribution < -0.4 is 5.32 Å². The highest BCUT2D eigenvalue weighted by molar-refractivity contribution is 5.61. The van der Waals surface area contributed by atoms with Crippen LogP contribution in [-0.4, -0.2) is 33.1 Å². The van der Waals surface area contributed by atoms with E-state index in [-0.39, 0.29) is 23.7 Å². The molecule has 3 heterocycles. The van der Waals surface area contributed by atoms with E-state index >= 15 is 0 Å². The summed E-state index contributed by atoms with van der Waals surface area (Å²) in [6, 6.07) is 21.1. The van der Waals surface area contributed by atoms with Crippen LogP contribution in [-0.2, 0) is 6.18 Å². The maximum atomic E-state index is 13.5. The number of halogens is 3. The van der Waals surface area contributed by atoms with Gasteiger partial charge in [-0.2, -0.15) is 13.2 Å². The highest BCUT2D eigenvalue weighted by Crippen LogP contribution is 2.32. The van der Waals surface area contributed by atoms with E-state index in [0.29, 0.717) is 12.1 Å². The van der Waals surface area contributed by atoms with Crippen molar-refractivity contribution in [1.29, 1.82) is 0 Å². The predicted molar refractivity (Wildman–Crippen MR) is 137 cm³/mol. The number of nitrogens with one attached hydrogen (secondary N) is 1. The molecule has 2 N–H and O–H groups in total. The van der Waals surface area contributed by atoms with Crippen molar-refractivity contribution in [3.05, 3.63) is 113 Å². The smallest absolute Gasteiger partial charge is 0.387 e. The first-order valence-corrected chi connectivity index (χ1v) is 12.2. The second-order valence-electron chi connectivity index (χ2n) is 8.96. The molecule has 0 aliphatic rings. The summed E-state index contributed by atoms with van der Waals surface area (Å²) in [5, 5.41) is 13.9. The molecule has 8 heteroatoms. The first-order chi connectivity index (χ1) is 17.8. The van der Waals surface area contributed by atoms with Gasteiger partial charge >= 0.3 is 6.18 Å². The first-order valence-electron chi connectivity index (χ1n) is 12.2. The Morgan fingerprint density at radius 3 is 2.11 bits per heavy atom. The summed E-state index contributed by atoms with van der Waals surface area (Å²) < 4.78 is 40.6. The standard InChI is InChI=1S/C29H29F3N4O/c1-20-10-12-21(13-11-20)26-17-22(18-28(36-26)29(30,31)32)27(37)19-33-14-6-7-23(24-8-2-4-15-34-24)25-9-3-5-16-35-25/h2-5,8-13,15-18,23,27,33,37H,6-7,14,19H2,1H3. The topological polar surface area (TPSA) is 70.9 Å². The molecule has 3 aromatic heterocycles. The van der Waals surface area contributed by atoms with Gasteiger partial charge in [0.15, 0.2) is 0 Å². The van der Waals surface area contributed by atoms with Crippen LogP contribution in [0.1, 0.15) is 53.1 Å². The fraction of sp³-hybridized carbons (Fsp3) is 0.276. The van der Waals surface area contributed by atoms with Crippen LogP contribution in [0.5, 0.6) is 0 Å². The van der Waals surface area contributed by atoms with E-state index in [0.717, 1.165) is 35.9 Å². The number of aromatic nitrogens is 3. The SMILES string of the molecule is Cc1ccc(-c2cc(C(O)CNCCCC(c3ccccn3)c3ccccn3)cc(C(F)(F)F)n2)cc1. The molecule has 0 spiro atoms. The minimum atomic E-state index is -4.62. The molecule has 0 aliphatic heterocycles. The highest BCUT2D eigenvalue weighted by Gasteiger charge is 2.34. The maximum absolute atomic E-state index is 13.5. The first kappa shape index (κ1) is 26.4. The third kappa shape index (κ3) is 7.21. The number of aryl methyl sites for hydroxylation is 1. The Morgan fingerprint density at radius 1 is 0.892 bits per heavy atom. The van der Waals surface area contributed by atoms with Gasteiger partial charge < -0.3 is 10.4 Å². The third-order valence-electron chi connectivity index (χ3n) is 6.14. The molecule has 1 aromatic carbocycles. The Hall–Kier alpha value is -3.62. The average Bonchev–Trinajstić information content (AvgIpc) is 2.91. The zero-order valence-corrected chi connectivity index (χ0v) is 20.5. The van der Waals surface area contributed by atoms with Gasteiger partial charge in [0, 0.05) is 41.8 Å². The molecular weight excluding hydrogens is 477 g/mol. The van der Waals surface area contributed by atoms with Gasteiger partial charge in [0.05, 0.1) is 11.8 Å². The lowest BCUT2D eigenvalue weighted by molar-refractivity contribution is -0.141. The molecule has 0 bridgehead atoms. The van der Waals surface area contributed by atoms with Crippen LogP contribution in [0.4, 0.5) is 13.2 Å². The summed E-state index contributed by atoms with van der Waals surface area (Å²) in [4.78, 5) is 12.8. The fourth-order valence-electron chi connectivity index (χ4n) is 4.16. The van der Waals surface area contributed by atoms with E-state index in [1.807, 2.05) is 55.5 Å². The Kier molecular flexibility index (Phi) is 8.63. The zero-order chi connectivity index (χ0) is 26.3. The van der Waals surface area contributed by atoms with E-state index in [9.17, 15) is 18.3 Å². The number of aliphatic hydroxyl groups is 1. The third-order valence-corrected chi connectivity index (χ3v) is 6.14. The van der Waals surface area contributed by atoms with Crippen molar-refractivity contribution in [3.8, 4) is 11.3 Å². The van der Waals surface area contributed by atoms with Crippen molar-refractivity contribution < 1.29 is 18.3 Å². The molecule has 4 aromatic rings. The molecule has 1 unspecified atom stereocenters. The van der Waals surface area contributed by atoms with E-state index < -0.39 is 18.0 Å². The molecule has 192 valence electrons. The number of pyridine rings is 3. The van der Waals surface area contributed by atoms with Gasteiger partial charge in [-0.25, -0.2) is 4.98 Å². The van der Waals surface area contributed by atoms with Gasteiger partial charge in [-0.1, -0.05) is 42.0 Å². The van der Waals surface area contributed by atoms with Crippen LogP contribution in [0.3, 0.4) is 0 Å². The van der Waals surface area contributed by atoms with E-state index in [4.69, 9.17) is 0 Å². The number of alkyl halides is 3. The second-order valence-corrected chi connectivity index (χ2v) is 8.96. The van der Waals surface area contributed by atoms with Gasteiger partial charge in [0.1, 0.15) is 5.69 Å². The Morgan fingerprint density at radius 2 is 1.54 bits per heavy atom. The molecule has 0 saturated carbocycles. The van der Waals surface area contributed by atoms with Crippen LogP contribution in [0.15, 0.2) is 85.2 Å². The Balaban J connectivity index is 1.40. The Labute approximate surface area is 214 Å². The largest absolute Gasteiger partial charge is 0.433 e. The van der Waals surface area contributed by atoms with E-state index in [1.165, 1.54) is 6.07 Å². The molecule has 0 fully saturated rings. The zero-order valence-electron chi connectivity index (χ0n) is 20.5.